The maximum Gasteiger partial charge on any atom is 0.244 e. The Kier molecular flexibility index (Phi) is 3.45. The Morgan fingerprint density at radius 2 is 2.17 bits per heavy atom. The van der Waals surface area contributed by atoms with Gasteiger partial charge in [0.15, 0.2) is 0 Å². The van der Waals surface area contributed by atoms with E-state index in [0.717, 1.165) is 36.3 Å². The van der Waals surface area contributed by atoms with Gasteiger partial charge in [0.05, 0.1) is 0 Å². The van der Waals surface area contributed by atoms with Gasteiger partial charge in [0, 0.05) is 32.0 Å². The molecule has 1 saturated heterocycles. The Morgan fingerprint density at radius 1 is 1.44 bits per heavy atom. The number of likely N-dealkylation sites (N-methyl/N-ethyl adjacent to an activating group) is 1. The number of benzene rings is 1. The zero-order chi connectivity index (χ0) is 13.3. The molecule has 0 aliphatic carbocycles. The lowest BCUT2D eigenvalue weighted by molar-refractivity contribution is -0.129. The molecular formula is C14H21N3O. The molecule has 1 unspecified atom stereocenters. The molecule has 0 spiro atoms. The largest absolute Gasteiger partial charge is 0.399 e. The standard InChI is InChI=1S/C14H21N3O/c1-10-9-11(15)6-7-12(10)17-8-4-5-13(17)14(18)16(2)3/h6-7,9,13H,4-5,8,15H2,1-3H3. The molecule has 0 saturated carbocycles. The molecule has 1 aromatic carbocycles. The van der Waals surface area contributed by atoms with Gasteiger partial charge in [-0.1, -0.05) is 0 Å². The van der Waals surface area contributed by atoms with Crippen molar-refractivity contribution in [3.8, 4) is 0 Å². The van der Waals surface area contributed by atoms with E-state index in [0.29, 0.717) is 0 Å². The van der Waals surface area contributed by atoms with Crippen LogP contribution < -0.4 is 10.6 Å². The molecule has 1 amide bonds. The van der Waals surface area contributed by atoms with Crippen molar-refractivity contribution >= 4 is 17.3 Å². The highest BCUT2D eigenvalue weighted by Gasteiger charge is 2.32. The number of carbonyl (C=O) groups is 1. The van der Waals surface area contributed by atoms with Gasteiger partial charge in [-0.25, -0.2) is 0 Å². The average molecular weight is 247 g/mol. The molecule has 98 valence electrons. The van der Waals surface area contributed by atoms with Crippen molar-refractivity contribution in [1.82, 2.24) is 4.90 Å². The fourth-order valence-electron chi connectivity index (χ4n) is 2.61. The SMILES string of the molecule is Cc1cc(N)ccc1N1CCCC1C(=O)N(C)C. The highest BCUT2D eigenvalue weighted by molar-refractivity contribution is 5.86. The van der Waals surface area contributed by atoms with Crippen molar-refractivity contribution in [3.63, 3.8) is 0 Å². The van der Waals surface area contributed by atoms with Crippen LogP contribution in [0.1, 0.15) is 18.4 Å². The van der Waals surface area contributed by atoms with Crippen LogP contribution in [0.4, 0.5) is 11.4 Å². The molecular weight excluding hydrogens is 226 g/mol. The van der Waals surface area contributed by atoms with Crippen molar-refractivity contribution in [1.29, 1.82) is 0 Å². The molecule has 4 heteroatoms. The Hall–Kier alpha value is -1.71. The third-order valence-corrected chi connectivity index (χ3v) is 3.51. The van der Waals surface area contributed by atoms with E-state index < -0.39 is 0 Å². The molecule has 4 nitrogen and oxygen atoms in total. The Balaban J connectivity index is 2.29. The van der Waals surface area contributed by atoms with Gasteiger partial charge in [0.25, 0.3) is 0 Å². The maximum absolute atomic E-state index is 12.2. The zero-order valence-corrected chi connectivity index (χ0v) is 11.3. The highest BCUT2D eigenvalue weighted by atomic mass is 16.2. The summed E-state index contributed by atoms with van der Waals surface area (Å²) in [6, 6.07) is 5.86. The van der Waals surface area contributed by atoms with Crippen LogP contribution in [0.15, 0.2) is 18.2 Å². The average Bonchev–Trinajstić information content (AvgIpc) is 2.76. The van der Waals surface area contributed by atoms with E-state index in [9.17, 15) is 4.79 Å². The van der Waals surface area contributed by atoms with Crippen molar-refractivity contribution in [2.24, 2.45) is 0 Å². The van der Waals surface area contributed by atoms with Crippen LogP contribution in [0.5, 0.6) is 0 Å². The van der Waals surface area contributed by atoms with Crippen molar-refractivity contribution < 1.29 is 4.79 Å². The number of anilines is 2. The molecule has 2 N–H and O–H groups in total. The van der Waals surface area contributed by atoms with E-state index in [2.05, 4.69) is 4.90 Å². The minimum atomic E-state index is -0.0256. The molecule has 1 heterocycles. The van der Waals surface area contributed by atoms with Crippen LogP contribution in [0, 0.1) is 6.92 Å². The Labute approximate surface area is 108 Å². The number of nitrogen functional groups attached to an aromatic ring is 1. The predicted octanol–water partition coefficient (Wildman–Crippen LogP) is 1.63. The Morgan fingerprint density at radius 3 is 2.78 bits per heavy atom. The second-order valence-electron chi connectivity index (χ2n) is 5.13. The lowest BCUT2D eigenvalue weighted by Crippen LogP contribution is -2.43. The lowest BCUT2D eigenvalue weighted by Gasteiger charge is -2.29. The van der Waals surface area contributed by atoms with E-state index in [1.165, 1.54) is 0 Å². The number of amides is 1. The third-order valence-electron chi connectivity index (χ3n) is 3.51. The molecule has 1 aliphatic heterocycles. The summed E-state index contributed by atoms with van der Waals surface area (Å²) in [5.41, 5.74) is 8.80. The first-order chi connectivity index (χ1) is 8.50. The number of hydrogen-bond donors (Lipinski definition) is 1. The maximum atomic E-state index is 12.2. The number of nitrogens with two attached hydrogens (primary N) is 1. The molecule has 0 aromatic heterocycles. The molecule has 0 bridgehead atoms. The normalized spacial score (nSPS) is 19.1. The highest BCUT2D eigenvalue weighted by Crippen LogP contribution is 2.30. The summed E-state index contributed by atoms with van der Waals surface area (Å²) in [5, 5.41) is 0. The van der Waals surface area contributed by atoms with Gasteiger partial charge in [-0.05, 0) is 43.5 Å². The minimum Gasteiger partial charge on any atom is -0.399 e. The molecule has 1 aromatic rings. The van der Waals surface area contributed by atoms with Gasteiger partial charge in [-0.15, -0.1) is 0 Å². The molecule has 0 radical (unpaired) electrons. The minimum absolute atomic E-state index is 0.0256. The molecule has 2 rings (SSSR count). The summed E-state index contributed by atoms with van der Waals surface area (Å²) in [4.78, 5) is 16.0. The summed E-state index contributed by atoms with van der Waals surface area (Å²) in [7, 11) is 3.63. The van der Waals surface area contributed by atoms with Crippen molar-refractivity contribution in [3.05, 3.63) is 23.8 Å². The number of carbonyl (C=O) groups excluding carboxylic acids is 1. The van der Waals surface area contributed by atoms with Gasteiger partial charge >= 0.3 is 0 Å². The van der Waals surface area contributed by atoms with Crippen LogP contribution in [-0.2, 0) is 4.79 Å². The summed E-state index contributed by atoms with van der Waals surface area (Å²) in [6.45, 7) is 2.98. The van der Waals surface area contributed by atoms with E-state index >= 15 is 0 Å². The van der Waals surface area contributed by atoms with Crippen LogP contribution in [-0.4, -0.2) is 37.5 Å². The summed E-state index contributed by atoms with van der Waals surface area (Å²) in [6.07, 6.45) is 1.99. The summed E-state index contributed by atoms with van der Waals surface area (Å²) < 4.78 is 0. The second kappa shape index (κ2) is 4.88. The Bertz CT molecular complexity index is 456. The van der Waals surface area contributed by atoms with E-state index in [1.54, 1.807) is 4.90 Å². The van der Waals surface area contributed by atoms with Gasteiger partial charge < -0.3 is 15.5 Å². The van der Waals surface area contributed by atoms with Crippen molar-refractivity contribution in [2.75, 3.05) is 31.3 Å². The van der Waals surface area contributed by atoms with E-state index in [-0.39, 0.29) is 11.9 Å². The van der Waals surface area contributed by atoms with Crippen LogP contribution in [0.25, 0.3) is 0 Å². The topological polar surface area (TPSA) is 49.6 Å². The van der Waals surface area contributed by atoms with Crippen LogP contribution in [0.3, 0.4) is 0 Å². The molecule has 1 aliphatic rings. The smallest absolute Gasteiger partial charge is 0.244 e. The monoisotopic (exact) mass is 247 g/mol. The number of hydrogen-bond acceptors (Lipinski definition) is 3. The first-order valence-corrected chi connectivity index (χ1v) is 6.34. The molecule has 1 atom stereocenters. The number of rotatable bonds is 2. The van der Waals surface area contributed by atoms with Crippen LogP contribution >= 0.6 is 0 Å². The quantitative estimate of drug-likeness (QED) is 0.808. The fraction of sp³-hybridized carbons (Fsp3) is 0.500. The molecule has 18 heavy (non-hydrogen) atoms. The van der Waals surface area contributed by atoms with Gasteiger partial charge in [-0.2, -0.15) is 0 Å². The zero-order valence-electron chi connectivity index (χ0n) is 11.3. The summed E-state index contributed by atoms with van der Waals surface area (Å²) >= 11 is 0. The summed E-state index contributed by atoms with van der Waals surface area (Å²) in [5.74, 6) is 0.184. The van der Waals surface area contributed by atoms with Crippen LogP contribution in [0.2, 0.25) is 0 Å². The predicted molar refractivity (Wildman–Crippen MR) is 74.7 cm³/mol. The molecule has 1 fully saturated rings. The third kappa shape index (κ3) is 2.28. The number of nitrogens with zero attached hydrogens (tertiary/aromatic N) is 2. The fourth-order valence-corrected chi connectivity index (χ4v) is 2.61. The second-order valence-corrected chi connectivity index (χ2v) is 5.13. The first kappa shape index (κ1) is 12.7. The van der Waals surface area contributed by atoms with Crippen molar-refractivity contribution in [2.45, 2.75) is 25.8 Å². The van der Waals surface area contributed by atoms with E-state index in [4.69, 9.17) is 5.73 Å². The lowest BCUT2D eigenvalue weighted by atomic mass is 10.1. The first-order valence-electron chi connectivity index (χ1n) is 6.34. The van der Waals surface area contributed by atoms with Gasteiger partial charge in [0.1, 0.15) is 6.04 Å². The van der Waals surface area contributed by atoms with Gasteiger partial charge in [-0.3, -0.25) is 4.79 Å². The number of aryl methyl sites for hydroxylation is 1. The van der Waals surface area contributed by atoms with E-state index in [1.807, 2.05) is 39.2 Å². The van der Waals surface area contributed by atoms with Gasteiger partial charge in [0.2, 0.25) is 5.91 Å².